The molecule has 5 nitrogen and oxygen atoms in total. The number of nitrogens with zero attached hydrogens (tertiary/aromatic N) is 3. The van der Waals surface area contributed by atoms with E-state index in [0.717, 1.165) is 37.6 Å². The number of rotatable bonds is 3. The lowest BCUT2D eigenvalue weighted by molar-refractivity contribution is 0.373. The number of nitrogens with one attached hydrogen (secondary N) is 1. The molecule has 1 N–H and O–H groups in total. The molecule has 1 aromatic heterocycles. The molecule has 0 saturated heterocycles. The second-order valence-corrected chi connectivity index (χ2v) is 6.30. The van der Waals surface area contributed by atoms with Gasteiger partial charge in [0.15, 0.2) is 0 Å². The van der Waals surface area contributed by atoms with E-state index in [1.54, 1.807) is 7.11 Å². The molecule has 5 heteroatoms. The highest BCUT2D eigenvalue weighted by Gasteiger charge is 2.22. The van der Waals surface area contributed by atoms with Crippen molar-refractivity contribution >= 4 is 5.82 Å². The molecule has 0 unspecified atom stereocenters. The predicted octanol–water partition coefficient (Wildman–Crippen LogP) is 1.61. The fourth-order valence-corrected chi connectivity index (χ4v) is 2.50. The molecule has 0 saturated carbocycles. The number of hydrogen-bond donors (Lipinski definition) is 1. The first kappa shape index (κ1) is 14.1. The Morgan fingerprint density at radius 2 is 2.05 bits per heavy atom. The van der Waals surface area contributed by atoms with Crippen LogP contribution in [-0.2, 0) is 13.0 Å². The van der Waals surface area contributed by atoms with E-state index in [1.807, 2.05) is 0 Å². The van der Waals surface area contributed by atoms with Crippen LogP contribution in [0.1, 0.15) is 32.0 Å². The molecule has 1 aromatic rings. The normalized spacial score (nSPS) is 15.0. The summed E-state index contributed by atoms with van der Waals surface area (Å²) in [7, 11) is 3.71. The maximum absolute atomic E-state index is 5.23. The van der Waals surface area contributed by atoms with Crippen molar-refractivity contribution in [2.45, 2.75) is 33.7 Å². The predicted molar refractivity (Wildman–Crippen MR) is 76.7 cm³/mol. The summed E-state index contributed by atoms with van der Waals surface area (Å²) in [6.07, 6.45) is 0.935. The smallest absolute Gasteiger partial charge is 0.318 e. The van der Waals surface area contributed by atoms with E-state index in [0.29, 0.717) is 6.01 Å². The maximum Gasteiger partial charge on any atom is 0.318 e. The zero-order chi connectivity index (χ0) is 14.0. The van der Waals surface area contributed by atoms with E-state index in [1.165, 1.54) is 5.56 Å². The summed E-state index contributed by atoms with van der Waals surface area (Å²) in [6.45, 7) is 9.43. The molecular formula is C14H24N4O. The standard InChI is InChI=1S/C14H24N4O/c1-14(2,3)9-18(4)12-10-8-15-7-6-11(10)16-13(17-12)19-5/h15H,6-9H2,1-5H3. The summed E-state index contributed by atoms with van der Waals surface area (Å²) in [6, 6.07) is 0.469. The number of fused-ring (bicyclic) bond motifs is 1. The van der Waals surface area contributed by atoms with Crippen molar-refractivity contribution < 1.29 is 4.74 Å². The van der Waals surface area contributed by atoms with Crippen LogP contribution in [0.15, 0.2) is 0 Å². The molecule has 0 fully saturated rings. The topological polar surface area (TPSA) is 50.3 Å². The van der Waals surface area contributed by atoms with Gasteiger partial charge in [-0.1, -0.05) is 20.8 Å². The van der Waals surface area contributed by atoms with Gasteiger partial charge in [0.25, 0.3) is 0 Å². The Hall–Kier alpha value is -1.36. The Morgan fingerprint density at radius 3 is 2.68 bits per heavy atom. The van der Waals surface area contributed by atoms with Crippen molar-refractivity contribution in [2.75, 3.05) is 32.1 Å². The number of methoxy groups -OCH3 is 1. The minimum absolute atomic E-state index is 0.224. The highest BCUT2D eigenvalue weighted by atomic mass is 16.5. The Labute approximate surface area is 115 Å². The Balaban J connectivity index is 2.37. The first-order chi connectivity index (χ1) is 8.90. The van der Waals surface area contributed by atoms with Gasteiger partial charge in [-0.05, 0) is 5.41 Å². The molecule has 0 amide bonds. The molecule has 0 bridgehead atoms. The van der Waals surface area contributed by atoms with E-state index in [2.05, 4.69) is 48.0 Å². The van der Waals surface area contributed by atoms with Crippen LogP contribution >= 0.6 is 0 Å². The fraction of sp³-hybridized carbons (Fsp3) is 0.714. The van der Waals surface area contributed by atoms with Crippen molar-refractivity contribution in [3.8, 4) is 6.01 Å². The monoisotopic (exact) mass is 264 g/mol. The average molecular weight is 264 g/mol. The third-order valence-corrected chi connectivity index (χ3v) is 3.15. The molecule has 0 atom stereocenters. The van der Waals surface area contributed by atoms with Crippen LogP contribution in [0.3, 0.4) is 0 Å². The highest BCUT2D eigenvalue weighted by Crippen LogP contribution is 2.27. The molecule has 1 aliphatic rings. The summed E-state index contributed by atoms with van der Waals surface area (Å²) in [5, 5.41) is 3.39. The van der Waals surface area contributed by atoms with Gasteiger partial charge >= 0.3 is 6.01 Å². The number of anilines is 1. The quantitative estimate of drug-likeness (QED) is 0.899. The van der Waals surface area contributed by atoms with Crippen molar-refractivity contribution in [2.24, 2.45) is 5.41 Å². The second kappa shape index (κ2) is 5.33. The number of hydrogen-bond acceptors (Lipinski definition) is 5. The Morgan fingerprint density at radius 1 is 1.32 bits per heavy atom. The summed E-state index contributed by atoms with van der Waals surface area (Å²) in [4.78, 5) is 11.2. The van der Waals surface area contributed by atoms with E-state index in [9.17, 15) is 0 Å². The van der Waals surface area contributed by atoms with Gasteiger partial charge in [0.1, 0.15) is 5.82 Å². The lowest BCUT2D eigenvalue weighted by Crippen LogP contribution is -2.33. The van der Waals surface area contributed by atoms with Gasteiger partial charge in [0.2, 0.25) is 0 Å². The van der Waals surface area contributed by atoms with Gasteiger partial charge in [-0.2, -0.15) is 9.97 Å². The van der Waals surface area contributed by atoms with E-state index in [-0.39, 0.29) is 5.41 Å². The van der Waals surface area contributed by atoms with Gasteiger partial charge in [0, 0.05) is 38.7 Å². The summed E-state index contributed by atoms with van der Waals surface area (Å²) in [5.41, 5.74) is 2.54. The first-order valence-electron chi connectivity index (χ1n) is 6.76. The van der Waals surface area contributed by atoms with Gasteiger partial charge in [-0.15, -0.1) is 0 Å². The molecule has 0 spiro atoms. The molecule has 2 heterocycles. The van der Waals surface area contributed by atoms with Crippen LogP contribution in [0.25, 0.3) is 0 Å². The van der Waals surface area contributed by atoms with Crippen molar-refractivity contribution in [3.05, 3.63) is 11.3 Å². The second-order valence-electron chi connectivity index (χ2n) is 6.30. The van der Waals surface area contributed by atoms with Crippen molar-refractivity contribution in [1.29, 1.82) is 0 Å². The summed E-state index contributed by atoms with van der Waals surface area (Å²) < 4.78 is 5.23. The van der Waals surface area contributed by atoms with Crippen LogP contribution in [0.5, 0.6) is 6.01 Å². The van der Waals surface area contributed by atoms with Gasteiger partial charge in [-0.25, -0.2) is 0 Å². The van der Waals surface area contributed by atoms with Gasteiger partial charge in [0.05, 0.1) is 12.8 Å². The van der Waals surface area contributed by atoms with E-state index >= 15 is 0 Å². The fourth-order valence-electron chi connectivity index (χ4n) is 2.50. The van der Waals surface area contributed by atoms with Crippen LogP contribution in [0, 0.1) is 5.41 Å². The van der Waals surface area contributed by atoms with Crippen LogP contribution < -0.4 is 15.0 Å². The van der Waals surface area contributed by atoms with E-state index < -0.39 is 0 Å². The van der Waals surface area contributed by atoms with Crippen LogP contribution in [0.2, 0.25) is 0 Å². The van der Waals surface area contributed by atoms with Gasteiger partial charge in [-0.3, -0.25) is 0 Å². The molecule has 2 rings (SSSR count). The summed E-state index contributed by atoms with van der Waals surface area (Å²) in [5.74, 6) is 0.990. The highest BCUT2D eigenvalue weighted by molar-refractivity contribution is 5.50. The maximum atomic E-state index is 5.23. The molecular weight excluding hydrogens is 240 g/mol. The Kier molecular flexibility index (Phi) is 3.94. The average Bonchev–Trinajstić information content (AvgIpc) is 2.35. The minimum atomic E-state index is 0.224. The molecule has 0 radical (unpaired) electrons. The molecule has 0 aliphatic carbocycles. The summed E-state index contributed by atoms with van der Waals surface area (Å²) >= 11 is 0. The van der Waals surface area contributed by atoms with Crippen molar-refractivity contribution in [3.63, 3.8) is 0 Å². The molecule has 106 valence electrons. The zero-order valence-electron chi connectivity index (χ0n) is 12.6. The lowest BCUT2D eigenvalue weighted by atomic mass is 9.96. The Bertz CT molecular complexity index is 453. The number of aromatic nitrogens is 2. The van der Waals surface area contributed by atoms with Crippen LogP contribution in [0.4, 0.5) is 5.82 Å². The largest absolute Gasteiger partial charge is 0.467 e. The zero-order valence-corrected chi connectivity index (χ0v) is 12.6. The SMILES string of the molecule is COc1nc2c(c(N(C)CC(C)(C)C)n1)CNCC2. The molecule has 19 heavy (non-hydrogen) atoms. The van der Waals surface area contributed by atoms with Crippen molar-refractivity contribution in [1.82, 2.24) is 15.3 Å². The van der Waals surface area contributed by atoms with E-state index in [4.69, 9.17) is 4.74 Å². The third kappa shape index (κ3) is 3.35. The minimum Gasteiger partial charge on any atom is -0.467 e. The third-order valence-electron chi connectivity index (χ3n) is 3.15. The van der Waals surface area contributed by atoms with Crippen LogP contribution in [-0.4, -0.2) is 37.2 Å². The first-order valence-corrected chi connectivity index (χ1v) is 6.76. The lowest BCUT2D eigenvalue weighted by Gasteiger charge is -2.30. The number of ether oxygens (including phenoxy) is 1. The molecule has 0 aromatic carbocycles. The molecule has 1 aliphatic heterocycles. The van der Waals surface area contributed by atoms with Gasteiger partial charge < -0.3 is 15.0 Å².